The van der Waals surface area contributed by atoms with Crippen molar-refractivity contribution in [3.8, 4) is 11.7 Å². The molecule has 0 bridgehead atoms. The summed E-state index contributed by atoms with van der Waals surface area (Å²) in [6.07, 6.45) is 0.941. The zero-order chi connectivity index (χ0) is 15.5. The molecule has 2 atom stereocenters. The molecule has 2 heterocycles. The predicted octanol–water partition coefficient (Wildman–Crippen LogP) is 2.88. The fourth-order valence-electron chi connectivity index (χ4n) is 2.83. The van der Waals surface area contributed by atoms with Gasteiger partial charge in [-0.15, -0.1) is 0 Å². The van der Waals surface area contributed by atoms with Crippen LogP contribution in [0, 0.1) is 5.92 Å². The summed E-state index contributed by atoms with van der Waals surface area (Å²) in [6.45, 7) is 3.33. The highest BCUT2D eigenvalue weighted by atomic mass is 16.6. The van der Waals surface area contributed by atoms with Crippen LogP contribution >= 0.6 is 0 Å². The number of hydrogen-bond donors (Lipinski definition) is 1. The molecule has 1 aliphatic rings. The van der Waals surface area contributed by atoms with Gasteiger partial charge in [0.05, 0.1) is 0 Å². The van der Waals surface area contributed by atoms with E-state index in [4.69, 9.17) is 14.9 Å². The Balaban J connectivity index is 1.69. The van der Waals surface area contributed by atoms with Crippen molar-refractivity contribution in [2.24, 2.45) is 11.7 Å². The highest BCUT2D eigenvalue weighted by Gasteiger charge is 2.33. The molecule has 5 heteroatoms. The minimum absolute atomic E-state index is 0.105. The number of carbonyl (C=O) groups is 1. The molecule has 22 heavy (non-hydrogen) atoms. The SMILES string of the molecule is CC1CC(CN)CN1C(=O)c1ccc(Oc2ccccc2)o1. The summed E-state index contributed by atoms with van der Waals surface area (Å²) >= 11 is 0. The van der Waals surface area contributed by atoms with Crippen LogP contribution in [0.3, 0.4) is 0 Å². The van der Waals surface area contributed by atoms with E-state index in [2.05, 4.69) is 0 Å². The van der Waals surface area contributed by atoms with Gasteiger partial charge in [0.25, 0.3) is 11.9 Å². The average molecular weight is 300 g/mol. The van der Waals surface area contributed by atoms with E-state index in [1.54, 1.807) is 12.1 Å². The molecule has 5 nitrogen and oxygen atoms in total. The standard InChI is InChI=1S/C17H20N2O3/c1-12-9-13(10-18)11-19(12)17(20)15-7-8-16(22-15)21-14-5-3-2-4-6-14/h2-8,12-13H,9-11,18H2,1H3. The number of benzene rings is 1. The fourth-order valence-corrected chi connectivity index (χ4v) is 2.83. The largest absolute Gasteiger partial charge is 0.426 e. The Labute approximate surface area is 129 Å². The van der Waals surface area contributed by atoms with Crippen LogP contribution in [0.25, 0.3) is 0 Å². The van der Waals surface area contributed by atoms with Gasteiger partial charge in [-0.2, -0.15) is 0 Å². The van der Waals surface area contributed by atoms with Crippen molar-refractivity contribution in [2.45, 2.75) is 19.4 Å². The minimum Gasteiger partial charge on any atom is -0.426 e. The Morgan fingerprint density at radius 3 is 2.77 bits per heavy atom. The normalized spacial score (nSPS) is 21.1. The first-order chi connectivity index (χ1) is 10.7. The van der Waals surface area contributed by atoms with Crippen molar-refractivity contribution in [3.05, 3.63) is 48.2 Å². The van der Waals surface area contributed by atoms with Crippen molar-refractivity contribution in [1.82, 2.24) is 4.90 Å². The van der Waals surface area contributed by atoms with E-state index in [-0.39, 0.29) is 11.9 Å². The van der Waals surface area contributed by atoms with Crippen molar-refractivity contribution in [2.75, 3.05) is 13.1 Å². The van der Waals surface area contributed by atoms with Crippen molar-refractivity contribution < 1.29 is 13.9 Å². The van der Waals surface area contributed by atoms with Crippen molar-refractivity contribution in [3.63, 3.8) is 0 Å². The highest BCUT2D eigenvalue weighted by Crippen LogP contribution is 2.27. The van der Waals surface area contributed by atoms with E-state index in [1.807, 2.05) is 42.2 Å². The third-order valence-electron chi connectivity index (χ3n) is 4.01. The van der Waals surface area contributed by atoms with Gasteiger partial charge >= 0.3 is 0 Å². The van der Waals surface area contributed by atoms with Crippen LogP contribution in [0.1, 0.15) is 23.9 Å². The van der Waals surface area contributed by atoms with Gasteiger partial charge in [0.2, 0.25) is 0 Å². The number of carbonyl (C=O) groups excluding carboxylic acids is 1. The molecule has 0 aliphatic carbocycles. The number of likely N-dealkylation sites (tertiary alicyclic amines) is 1. The Kier molecular flexibility index (Phi) is 4.15. The zero-order valence-electron chi connectivity index (χ0n) is 12.6. The second kappa shape index (κ2) is 6.23. The minimum atomic E-state index is -0.105. The Bertz CT molecular complexity index is 638. The van der Waals surface area contributed by atoms with Crippen LogP contribution in [0.2, 0.25) is 0 Å². The topological polar surface area (TPSA) is 68.7 Å². The molecule has 1 aromatic carbocycles. The summed E-state index contributed by atoms with van der Waals surface area (Å²) < 4.78 is 11.1. The molecular weight excluding hydrogens is 280 g/mol. The number of ether oxygens (including phenoxy) is 1. The van der Waals surface area contributed by atoms with E-state index >= 15 is 0 Å². The number of hydrogen-bond acceptors (Lipinski definition) is 4. The molecular formula is C17H20N2O3. The summed E-state index contributed by atoms with van der Waals surface area (Å²) in [5, 5.41) is 0. The number of para-hydroxylation sites is 1. The summed E-state index contributed by atoms with van der Waals surface area (Å²) in [6, 6.07) is 12.8. The van der Waals surface area contributed by atoms with Gasteiger partial charge in [-0.1, -0.05) is 18.2 Å². The number of rotatable bonds is 4. The molecule has 1 saturated heterocycles. The molecule has 2 aromatic rings. The van der Waals surface area contributed by atoms with Crippen LogP contribution in [-0.4, -0.2) is 29.9 Å². The molecule has 3 rings (SSSR count). The van der Waals surface area contributed by atoms with Gasteiger partial charge in [-0.3, -0.25) is 4.79 Å². The summed E-state index contributed by atoms with van der Waals surface area (Å²) in [7, 11) is 0. The lowest BCUT2D eigenvalue weighted by Gasteiger charge is -2.19. The van der Waals surface area contributed by atoms with Crippen LogP contribution < -0.4 is 10.5 Å². The Morgan fingerprint density at radius 1 is 1.32 bits per heavy atom. The summed E-state index contributed by atoms with van der Waals surface area (Å²) in [4.78, 5) is 14.3. The maximum Gasteiger partial charge on any atom is 0.290 e. The smallest absolute Gasteiger partial charge is 0.290 e. The first-order valence-corrected chi connectivity index (χ1v) is 7.51. The molecule has 116 valence electrons. The summed E-state index contributed by atoms with van der Waals surface area (Å²) in [5.74, 6) is 1.56. The first-order valence-electron chi connectivity index (χ1n) is 7.51. The molecule has 1 amide bonds. The number of nitrogens with two attached hydrogens (primary N) is 1. The van der Waals surface area contributed by atoms with Gasteiger partial charge < -0.3 is 19.8 Å². The quantitative estimate of drug-likeness (QED) is 0.942. The molecule has 1 aliphatic heterocycles. The predicted molar refractivity (Wildman–Crippen MR) is 82.9 cm³/mol. The molecule has 0 spiro atoms. The zero-order valence-corrected chi connectivity index (χ0v) is 12.6. The monoisotopic (exact) mass is 300 g/mol. The van der Waals surface area contributed by atoms with Gasteiger partial charge in [0, 0.05) is 18.7 Å². The first kappa shape index (κ1) is 14.7. The second-order valence-corrected chi connectivity index (χ2v) is 5.68. The molecule has 2 N–H and O–H groups in total. The number of nitrogens with zero attached hydrogens (tertiary/aromatic N) is 1. The van der Waals surface area contributed by atoms with Crippen molar-refractivity contribution >= 4 is 5.91 Å². The van der Waals surface area contributed by atoms with Crippen LogP contribution in [-0.2, 0) is 0 Å². The van der Waals surface area contributed by atoms with Gasteiger partial charge in [-0.05, 0) is 44.0 Å². The van der Waals surface area contributed by atoms with E-state index < -0.39 is 0 Å². The molecule has 2 unspecified atom stereocenters. The third-order valence-corrected chi connectivity index (χ3v) is 4.01. The van der Waals surface area contributed by atoms with E-state index in [1.165, 1.54) is 0 Å². The lowest BCUT2D eigenvalue weighted by atomic mass is 10.1. The van der Waals surface area contributed by atoms with E-state index in [9.17, 15) is 4.79 Å². The number of furan rings is 1. The maximum absolute atomic E-state index is 12.5. The van der Waals surface area contributed by atoms with Crippen LogP contribution in [0.4, 0.5) is 0 Å². The number of amides is 1. The highest BCUT2D eigenvalue weighted by molar-refractivity contribution is 5.92. The molecule has 0 saturated carbocycles. The van der Waals surface area contributed by atoms with E-state index in [0.717, 1.165) is 6.42 Å². The molecule has 1 aromatic heterocycles. The Morgan fingerprint density at radius 2 is 2.09 bits per heavy atom. The van der Waals surface area contributed by atoms with Crippen molar-refractivity contribution in [1.29, 1.82) is 0 Å². The van der Waals surface area contributed by atoms with Crippen LogP contribution in [0.15, 0.2) is 46.9 Å². The summed E-state index contributed by atoms with van der Waals surface area (Å²) in [5.41, 5.74) is 5.71. The molecule has 1 fully saturated rings. The lowest BCUT2D eigenvalue weighted by molar-refractivity contribution is 0.0706. The van der Waals surface area contributed by atoms with E-state index in [0.29, 0.717) is 36.5 Å². The second-order valence-electron chi connectivity index (χ2n) is 5.68. The Hall–Kier alpha value is -2.27. The van der Waals surface area contributed by atoms with Crippen LogP contribution in [0.5, 0.6) is 11.7 Å². The van der Waals surface area contributed by atoms with Gasteiger partial charge in [0.1, 0.15) is 5.75 Å². The van der Waals surface area contributed by atoms with Gasteiger partial charge in [0.15, 0.2) is 5.76 Å². The molecule has 0 radical (unpaired) electrons. The maximum atomic E-state index is 12.5. The fraction of sp³-hybridized carbons (Fsp3) is 0.353. The average Bonchev–Trinajstić information content (AvgIpc) is 3.14. The third kappa shape index (κ3) is 2.99. The lowest BCUT2D eigenvalue weighted by Crippen LogP contribution is -2.34. The van der Waals surface area contributed by atoms with Gasteiger partial charge in [-0.25, -0.2) is 0 Å².